The molecule has 0 aliphatic carbocycles. The van der Waals surface area contributed by atoms with E-state index in [2.05, 4.69) is 29.6 Å². The number of hydrogen-bond acceptors (Lipinski definition) is 8. The molecular weight excluding hydrogens is 300 g/mol. The van der Waals surface area contributed by atoms with Crippen molar-refractivity contribution in [3.05, 3.63) is 0 Å². The second-order valence-corrected chi connectivity index (χ2v) is 2.87. The van der Waals surface area contributed by atoms with Gasteiger partial charge in [0.15, 0.2) is 0 Å². The van der Waals surface area contributed by atoms with Gasteiger partial charge in [0, 0.05) is 27.9 Å². The molecule has 0 saturated heterocycles. The van der Waals surface area contributed by atoms with E-state index in [1.165, 1.54) is 56.4 Å². The van der Waals surface area contributed by atoms with Crippen molar-refractivity contribution in [2.75, 3.05) is 42.5 Å². The molecule has 0 aromatic rings. The van der Waals surface area contributed by atoms with E-state index in [0.717, 1.165) is 0 Å². The Morgan fingerprint density at radius 3 is 0.773 bits per heavy atom. The lowest BCUT2D eigenvalue weighted by Crippen LogP contribution is -2.16. The topological polar surface area (TPSA) is 129 Å². The summed E-state index contributed by atoms with van der Waals surface area (Å²) in [5.41, 5.74) is 0. The first-order valence-corrected chi connectivity index (χ1v) is 5.77. The van der Waals surface area contributed by atoms with E-state index in [1.807, 2.05) is 0 Å². The van der Waals surface area contributed by atoms with Crippen LogP contribution >= 0.6 is 0 Å². The highest BCUT2D eigenvalue weighted by Gasteiger charge is 1.85. The Hall–Kier alpha value is -2.52. The van der Waals surface area contributed by atoms with E-state index in [0.29, 0.717) is 0 Å². The third-order valence-electron chi connectivity index (χ3n) is 1.35. The number of ether oxygens (including phenoxy) is 4. The Labute approximate surface area is 130 Å². The first-order chi connectivity index (χ1) is 10.2. The van der Waals surface area contributed by atoms with Crippen molar-refractivity contribution in [1.29, 1.82) is 0 Å². The standard InChI is InChI=1S/2C3H7NO2.2C3H6O2/c2*1-4-3(5)6-2;2*1-3(4)5-2/h2*1-2H3,(H,4,5);2*1-2H3. The Balaban J connectivity index is -0.0000000986. The molecule has 0 heterocycles. The van der Waals surface area contributed by atoms with Crippen molar-refractivity contribution in [3.63, 3.8) is 0 Å². The second kappa shape index (κ2) is 23.6. The lowest BCUT2D eigenvalue weighted by Gasteiger charge is -1.90. The highest BCUT2D eigenvalue weighted by Crippen LogP contribution is 1.63. The minimum absolute atomic E-state index is 0.245. The fourth-order valence-corrected chi connectivity index (χ4v) is 0.204. The number of nitrogens with one attached hydrogen (secondary N) is 2. The number of carbonyl (C=O) groups excluding carboxylic acids is 4. The average molecular weight is 326 g/mol. The first kappa shape index (κ1) is 27.8. The van der Waals surface area contributed by atoms with Gasteiger partial charge in [0.1, 0.15) is 0 Å². The third-order valence-corrected chi connectivity index (χ3v) is 1.35. The Bertz CT molecular complexity index is 266. The first-order valence-electron chi connectivity index (χ1n) is 5.77. The van der Waals surface area contributed by atoms with Crippen LogP contribution in [0, 0.1) is 0 Å². The zero-order valence-electron chi connectivity index (χ0n) is 14.3. The molecule has 0 atom stereocenters. The van der Waals surface area contributed by atoms with Crippen LogP contribution in [0.2, 0.25) is 0 Å². The van der Waals surface area contributed by atoms with Crippen molar-refractivity contribution < 1.29 is 38.1 Å². The van der Waals surface area contributed by atoms with Crippen LogP contribution in [0.3, 0.4) is 0 Å². The largest absolute Gasteiger partial charge is 0.469 e. The zero-order chi connectivity index (χ0) is 18.6. The Morgan fingerprint density at radius 2 is 0.773 bits per heavy atom. The van der Waals surface area contributed by atoms with Crippen molar-refractivity contribution in [2.45, 2.75) is 13.8 Å². The number of methoxy groups -OCH3 is 4. The van der Waals surface area contributed by atoms with Gasteiger partial charge in [-0.25, -0.2) is 9.59 Å². The summed E-state index contributed by atoms with van der Waals surface area (Å²) in [5.74, 6) is -0.491. The van der Waals surface area contributed by atoms with Gasteiger partial charge in [-0.3, -0.25) is 9.59 Å². The summed E-state index contributed by atoms with van der Waals surface area (Å²) in [6.07, 6.45) is -0.815. The number of alkyl carbamates (subject to hydrolysis) is 2. The molecule has 2 N–H and O–H groups in total. The zero-order valence-corrected chi connectivity index (χ0v) is 14.3. The molecule has 0 bridgehead atoms. The number of carbonyl (C=O) groups is 4. The average Bonchev–Trinajstić information content (AvgIpc) is 2.54. The summed E-state index contributed by atoms with van der Waals surface area (Å²) in [5, 5.41) is 4.51. The molecule has 0 unspecified atom stereocenters. The molecule has 0 aliphatic rings. The van der Waals surface area contributed by atoms with Gasteiger partial charge in [0.2, 0.25) is 0 Å². The molecule has 0 spiro atoms. The highest BCUT2D eigenvalue weighted by molar-refractivity contribution is 5.66. The van der Waals surface area contributed by atoms with Gasteiger partial charge < -0.3 is 29.6 Å². The van der Waals surface area contributed by atoms with Crippen LogP contribution in [0.5, 0.6) is 0 Å². The van der Waals surface area contributed by atoms with Crippen LogP contribution in [-0.2, 0) is 28.5 Å². The molecule has 22 heavy (non-hydrogen) atoms. The molecule has 0 aromatic heterocycles. The van der Waals surface area contributed by atoms with Crippen LogP contribution in [0.15, 0.2) is 0 Å². The molecule has 10 heteroatoms. The van der Waals surface area contributed by atoms with Crippen LogP contribution in [-0.4, -0.2) is 66.7 Å². The minimum Gasteiger partial charge on any atom is -0.469 e. The third kappa shape index (κ3) is 52.8. The summed E-state index contributed by atoms with van der Waals surface area (Å²) in [4.78, 5) is 38.9. The van der Waals surface area contributed by atoms with Gasteiger partial charge in [-0.1, -0.05) is 0 Å². The van der Waals surface area contributed by atoms with Crippen LogP contribution in [0.1, 0.15) is 13.8 Å². The maximum atomic E-state index is 9.85. The van der Waals surface area contributed by atoms with Gasteiger partial charge in [-0.05, 0) is 0 Å². The molecule has 0 aromatic carbocycles. The summed E-state index contributed by atoms with van der Waals surface area (Å²) >= 11 is 0. The fraction of sp³-hybridized carbons (Fsp3) is 0.667. The molecule has 0 fully saturated rings. The van der Waals surface area contributed by atoms with Gasteiger partial charge in [0.05, 0.1) is 28.4 Å². The van der Waals surface area contributed by atoms with Gasteiger partial charge in [-0.2, -0.15) is 0 Å². The van der Waals surface area contributed by atoms with E-state index in [-0.39, 0.29) is 11.9 Å². The van der Waals surface area contributed by atoms with Crippen molar-refractivity contribution in [2.24, 2.45) is 0 Å². The molecule has 0 rings (SSSR count). The van der Waals surface area contributed by atoms with Crippen molar-refractivity contribution in [3.8, 4) is 0 Å². The fourth-order valence-electron chi connectivity index (χ4n) is 0.204. The molecule has 0 saturated carbocycles. The predicted octanol–water partition coefficient (Wildman–Crippen LogP) is 0.303. The molecular formula is C12H26N2O8. The van der Waals surface area contributed by atoms with E-state index in [4.69, 9.17) is 0 Å². The highest BCUT2D eigenvalue weighted by atomic mass is 16.5. The molecule has 132 valence electrons. The van der Waals surface area contributed by atoms with E-state index >= 15 is 0 Å². The van der Waals surface area contributed by atoms with Gasteiger partial charge >= 0.3 is 24.1 Å². The van der Waals surface area contributed by atoms with E-state index in [1.54, 1.807) is 0 Å². The molecule has 0 radical (unpaired) electrons. The maximum absolute atomic E-state index is 9.85. The number of esters is 2. The maximum Gasteiger partial charge on any atom is 0.406 e. The lowest BCUT2D eigenvalue weighted by molar-refractivity contribution is -0.138. The smallest absolute Gasteiger partial charge is 0.406 e. The van der Waals surface area contributed by atoms with E-state index in [9.17, 15) is 19.2 Å². The summed E-state index contributed by atoms with van der Waals surface area (Å²) < 4.78 is 16.5. The van der Waals surface area contributed by atoms with Gasteiger partial charge in [-0.15, -0.1) is 0 Å². The van der Waals surface area contributed by atoms with Crippen molar-refractivity contribution >= 4 is 24.1 Å². The quantitative estimate of drug-likeness (QED) is 0.480. The Morgan fingerprint density at radius 1 is 0.591 bits per heavy atom. The number of hydrogen-bond donors (Lipinski definition) is 2. The lowest BCUT2D eigenvalue weighted by atomic mass is 10.8. The predicted molar refractivity (Wildman–Crippen MR) is 78.3 cm³/mol. The normalized spacial score (nSPS) is 6.91. The number of rotatable bonds is 0. The molecule has 2 amide bonds. The summed E-state index contributed by atoms with van der Waals surface area (Å²) in [6.45, 7) is 2.72. The second-order valence-electron chi connectivity index (χ2n) is 2.87. The summed E-state index contributed by atoms with van der Waals surface area (Å²) in [6, 6.07) is 0. The monoisotopic (exact) mass is 326 g/mol. The van der Waals surface area contributed by atoms with Crippen molar-refractivity contribution in [1.82, 2.24) is 10.6 Å². The van der Waals surface area contributed by atoms with Crippen LogP contribution in [0.25, 0.3) is 0 Å². The van der Waals surface area contributed by atoms with E-state index < -0.39 is 12.2 Å². The Kier molecular flexibility index (Phi) is 29.7. The van der Waals surface area contributed by atoms with Gasteiger partial charge in [0.25, 0.3) is 0 Å². The van der Waals surface area contributed by atoms with Crippen LogP contribution < -0.4 is 10.6 Å². The van der Waals surface area contributed by atoms with Crippen LogP contribution in [0.4, 0.5) is 9.59 Å². The minimum atomic E-state index is -0.407. The molecule has 0 aliphatic heterocycles. The SMILES string of the molecule is CNC(=O)OC.CNC(=O)OC.COC(C)=O.COC(C)=O. The summed E-state index contributed by atoms with van der Waals surface area (Å²) in [7, 11) is 8.35. The molecule has 10 nitrogen and oxygen atoms in total. The number of amides is 2.